The van der Waals surface area contributed by atoms with E-state index in [0.29, 0.717) is 0 Å². The van der Waals surface area contributed by atoms with Gasteiger partial charge in [0, 0.05) is 18.0 Å². The molecule has 2 aromatic rings. The minimum Gasteiger partial charge on any atom is -0.319 e. The van der Waals surface area contributed by atoms with Gasteiger partial charge in [0.25, 0.3) is 5.69 Å². The maximum absolute atomic E-state index is 11.9. The summed E-state index contributed by atoms with van der Waals surface area (Å²) < 4.78 is 1.52. The fourth-order valence-corrected chi connectivity index (χ4v) is 1.79. The number of anilines is 1. The molecular weight excluding hydrogens is 260 g/mol. The van der Waals surface area contributed by atoms with Gasteiger partial charge in [0.15, 0.2) is 0 Å². The lowest BCUT2D eigenvalue weighted by Crippen LogP contribution is -2.20. The predicted octanol–water partition coefficient (Wildman–Crippen LogP) is 2.05. The van der Waals surface area contributed by atoms with E-state index in [0.717, 1.165) is 11.3 Å². The highest BCUT2D eigenvalue weighted by Crippen LogP contribution is 2.25. The largest absolute Gasteiger partial charge is 0.319 e. The summed E-state index contributed by atoms with van der Waals surface area (Å²) in [6.07, 6.45) is 1.59. The van der Waals surface area contributed by atoms with Crippen LogP contribution in [0, 0.1) is 24.0 Å². The standard InChI is InChI=1S/C13H14N4O3/c1-9-3-4-11(12(7-9)17(19)20)15-13(18)8-16-10(2)5-6-14-16/h3-7H,8H2,1-2H3,(H,15,18). The summed E-state index contributed by atoms with van der Waals surface area (Å²) in [4.78, 5) is 22.3. The number of nitro benzene ring substituents is 1. The van der Waals surface area contributed by atoms with Gasteiger partial charge in [-0.3, -0.25) is 19.6 Å². The summed E-state index contributed by atoms with van der Waals surface area (Å²) in [6, 6.07) is 6.44. The van der Waals surface area contributed by atoms with Crippen molar-refractivity contribution in [2.24, 2.45) is 0 Å². The van der Waals surface area contributed by atoms with Crippen molar-refractivity contribution in [3.63, 3.8) is 0 Å². The SMILES string of the molecule is Cc1ccc(NC(=O)Cn2nccc2C)c([N+](=O)[O-])c1. The fourth-order valence-electron chi connectivity index (χ4n) is 1.79. The van der Waals surface area contributed by atoms with E-state index < -0.39 is 4.92 Å². The van der Waals surface area contributed by atoms with Crippen molar-refractivity contribution in [2.75, 3.05) is 5.32 Å². The van der Waals surface area contributed by atoms with Crippen molar-refractivity contribution >= 4 is 17.3 Å². The summed E-state index contributed by atoms with van der Waals surface area (Å²) in [5.41, 5.74) is 1.68. The Hall–Kier alpha value is -2.70. The van der Waals surface area contributed by atoms with Crippen molar-refractivity contribution < 1.29 is 9.72 Å². The van der Waals surface area contributed by atoms with Crippen LogP contribution in [0.3, 0.4) is 0 Å². The maximum Gasteiger partial charge on any atom is 0.293 e. The van der Waals surface area contributed by atoms with Crippen LogP contribution in [0.25, 0.3) is 0 Å². The highest BCUT2D eigenvalue weighted by molar-refractivity contribution is 5.93. The van der Waals surface area contributed by atoms with Crippen molar-refractivity contribution in [3.05, 3.63) is 51.8 Å². The van der Waals surface area contributed by atoms with Crippen molar-refractivity contribution in [3.8, 4) is 0 Å². The highest BCUT2D eigenvalue weighted by Gasteiger charge is 2.16. The molecule has 0 atom stereocenters. The molecule has 0 unspecified atom stereocenters. The van der Waals surface area contributed by atoms with Crippen LogP contribution in [0.15, 0.2) is 30.5 Å². The van der Waals surface area contributed by atoms with Crippen molar-refractivity contribution in [1.82, 2.24) is 9.78 Å². The lowest BCUT2D eigenvalue weighted by Gasteiger charge is -2.07. The maximum atomic E-state index is 11.9. The van der Waals surface area contributed by atoms with Gasteiger partial charge in [-0.25, -0.2) is 0 Å². The molecule has 0 aliphatic heterocycles. The minimum absolute atomic E-state index is 0.0177. The zero-order chi connectivity index (χ0) is 14.7. The molecule has 0 saturated carbocycles. The van der Waals surface area contributed by atoms with E-state index in [1.54, 1.807) is 25.3 Å². The molecule has 0 radical (unpaired) electrons. The fraction of sp³-hybridized carbons (Fsp3) is 0.231. The summed E-state index contributed by atoms with van der Waals surface area (Å²) in [5, 5.41) is 17.5. The number of nitrogens with zero attached hydrogens (tertiary/aromatic N) is 3. The third kappa shape index (κ3) is 3.00. The first kappa shape index (κ1) is 13.7. The van der Waals surface area contributed by atoms with E-state index in [-0.39, 0.29) is 23.8 Å². The van der Waals surface area contributed by atoms with E-state index in [2.05, 4.69) is 10.4 Å². The molecule has 1 aromatic carbocycles. The van der Waals surface area contributed by atoms with Crippen molar-refractivity contribution in [2.45, 2.75) is 20.4 Å². The zero-order valence-corrected chi connectivity index (χ0v) is 11.2. The number of nitrogens with one attached hydrogen (secondary N) is 1. The molecule has 7 nitrogen and oxygen atoms in total. The molecule has 104 valence electrons. The second kappa shape index (κ2) is 5.52. The smallest absolute Gasteiger partial charge is 0.293 e. The van der Waals surface area contributed by atoms with Crippen LogP contribution in [0.5, 0.6) is 0 Å². The molecule has 0 bridgehead atoms. The van der Waals surface area contributed by atoms with Crippen LogP contribution in [-0.2, 0) is 11.3 Å². The Morgan fingerprint density at radius 2 is 2.15 bits per heavy atom. The van der Waals surface area contributed by atoms with E-state index in [1.165, 1.54) is 16.8 Å². The predicted molar refractivity (Wildman–Crippen MR) is 73.4 cm³/mol. The van der Waals surface area contributed by atoms with E-state index >= 15 is 0 Å². The number of rotatable bonds is 4. The van der Waals surface area contributed by atoms with Gasteiger partial charge in [-0.1, -0.05) is 6.07 Å². The Morgan fingerprint density at radius 1 is 1.40 bits per heavy atom. The van der Waals surface area contributed by atoms with Crippen LogP contribution < -0.4 is 5.32 Å². The molecule has 0 aliphatic rings. The summed E-state index contributed by atoms with van der Waals surface area (Å²) in [7, 11) is 0. The molecule has 0 spiro atoms. The molecule has 1 heterocycles. The topological polar surface area (TPSA) is 90.1 Å². The lowest BCUT2D eigenvalue weighted by atomic mass is 10.2. The number of hydrogen-bond acceptors (Lipinski definition) is 4. The summed E-state index contributed by atoms with van der Waals surface area (Å²) in [6.45, 7) is 3.60. The van der Waals surface area contributed by atoms with Gasteiger partial charge in [-0.05, 0) is 31.5 Å². The summed E-state index contributed by atoms with van der Waals surface area (Å²) >= 11 is 0. The Morgan fingerprint density at radius 3 is 2.75 bits per heavy atom. The van der Waals surface area contributed by atoms with Crippen LogP contribution >= 0.6 is 0 Å². The van der Waals surface area contributed by atoms with E-state index in [4.69, 9.17) is 0 Å². The normalized spacial score (nSPS) is 10.3. The number of aryl methyl sites for hydroxylation is 2. The first-order chi connectivity index (χ1) is 9.47. The van der Waals surface area contributed by atoms with E-state index in [1.807, 2.05) is 6.92 Å². The highest BCUT2D eigenvalue weighted by atomic mass is 16.6. The van der Waals surface area contributed by atoms with Crippen LogP contribution in [0.1, 0.15) is 11.3 Å². The monoisotopic (exact) mass is 274 g/mol. The van der Waals surface area contributed by atoms with Gasteiger partial charge in [-0.2, -0.15) is 5.10 Å². The van der Waals surface area contributed by atoms with Crippen LogP contribution in [0.4, 0.5) is 11.4 Å². The molecule has 2 rings (SSSR count). The van der Waals surface area contributed by atoms with Gasteiger partial charge < -0.3 is 5.32 Å². The zero-order valence-electron chi connectivity index (χ0n) is 11.2. The molecule has 0 saturated heterocycles. The Labute approximate surface area is 115 Å². The lowest BCUT2D eigenvalue weighted by molar-refractivity contribution is -0.384. The number of aromatic nitrogens is 2. The molecule has 0 aliphatic carbocycles. The first-order valence-electron chi connectivity index (χ1n) is 6.00. The van der Waals surface area contributed by atoms with Gasteiger partial charge in [0.05, 0.1) is 4.92 Å². The third-order valence-corrected chi connectivity index (χ3v) is 2.85. The second-order valence-corrected chi connectivity index (χ2v) is 4.46. The number of amides is 1. The van der Waals surface area contributed by atoms with Crippen LogP contribution in [0.2, 0.25) is 0 Å². The molecule has 1 aromatic heterocycles. The van der Waals surface area contributed by atoms with Gasteiger partial charge in [0.1, 0.15) is 12.2 Å². The molecular formula is C13H14N4O3. The van der Waals surface area contributed by atoms with Gasteiger partial charge >= 0.3 is 0 Å². The van der Waals surface area contributed by atoms with Gasteiger partial charge in [0.2, 0.25) is 5.91 Å². The second-order valence-electron chi connectivity index (χ2n) is 4.46. The Balaban J connectivity index is 2.16. The first-order valence-corrected chi connectivity index (χ1v) is 6.00. The Kier molecular flexibility index (Phi) is 3.79. The number of carbonyl (C=O) groups is 1. The average molecular weight is 274 g/mol. The Bertz CT molecular complexity index is 663. The van der Waals surface area contributed by atoms with Gasteiger partial charge in [-0.15, -0.1) is 0 Å². The molecule has 20 heavy (non-hydrogen) atoms. The molecule has 1 amide bonds. The number of carbonyl (C=O) groups excluding carboxylic acids is 1. The molecule has 1 N–H and O–H groups in total. The van der Waals surface area contributed by atoms with Crippen molar-refractivity contribution in [1.29, 1.82) is 0 Å². The van der Waals surface area contributed by atoms with Crippen LogP contribution in [-0.4, -0.2) is 20.6 Å². The molecule has 7 heteroatoms. The quantitative estimate of drug-likeness (QED) is 0.682. The summed E-state index contributed by atoms with van der Waals surface area (Å²) in [5.74, 6) is -0.358. The average Bonchev–Trinajstić information content (AvgIpc) is 2.77. The van der Waals surface area contributed by atoms with E-state index in [9.17, 15) is 14.9 Å². The third-order valence-electron chi connectivity index (χ3n) is 2.85. The molecule has 0 fully saturated rings. The number of hydrogen-bond donors (Lipinski definition) is 1. The number of benzene rings is 1. The minimum atomic E-state index is -0.512. The number of nitro groups is 1.